The maximum absolute atomic E-state index is 10.0. The molecule has 4 N–H and O–H groups in total. The molecule has 0 aliphatic rings. The summed E-state index contributed by atoms with van der Waals surface area (Å²) < 4.78 is 0. The highest BCUT2D eigenvalue weighted by atomic mass is 32.1. The Hall–Kier alpha value is -0.480. The van der Waals surface area contributed by atoms with Crippen LogP contribution < -0.4 is 11.5 Å². The number of carbonyl (C=O) groups excluding carboxylic acids is 1. The molecule has 0 radical (unpaired) electrons. The van der Waals surface area contributed by atoms with Crippen LogP contribution in [-0.4, -0.2) is 17.3 Å². The molecule has 0 saturated carbocycles. The third kappa shape index (κ3) is 3.70. The molecule has 0 aromatic heterocycles. The van der Waals surface area contributed by atoms with Gasteiger partial charge < -0.3 is 11.5 Å². The van der Waals surface area contributed by atoms with Crippen molar-refractivity contribution < 1.29 is 4.79 Å². The minimum Gasteiger partial charge on any atom is -0.370 e. The number of amides is 1. The van der Waals surface area contributed by atoms with Gasteiger partial charge in [-0.3, -0.25) is 4.79 Å². The average Bonchev–Trinajstić information content (AvgIpc) is 1.65. The summed E-state index contributed by atoms with van der Waals surface area (Å²) in [4.78, 5) is 10.0. The monoisotopic (exact) mass is 132 g/mol. The van der Waals surface area contributed by atoms with E-state index in [1.807, 2.05) is 0 Å². The number of hydrogen-bond acceptors (Lipinski definition) is 3. The van der Waals surface area contributed by atoms with Crippen LogP contribution in [0.3, 0.4) is 0 Å². The van der Waals surface area contributed by atoms with Crippen LogP contribution in [-0.2, 0) is 4.79 Å². The van der Waals surface area contributed by atoms with Gasteiger partial charge >= 0.3 is 0 Å². The Bertz CT molecular complexity index is 104. The Labute approximate surface area is 53.0 Å². The molecule has 0 aliphatic carbocycles. The first-order valence-corrected chi connectivity index (χ1v) is 2.63. The Balaban J connectivity index is 3.38. The minimum atomic E-state index is -0.418. The maximum atomic E-state index is 10.0. The van der Waals surface area contributed by atoms with Crippen molar-refractivity contribution in [2.45, 2.75) is 12.5 Å². The van der Waals surface area contributed by atoms with Crippen LogP contribution in [0.5, 0.6) is 0 Å². The summed E-state index contributed by atoms with van der Waals surface area (Å²) in [6, 6.07) is -0.359. The van der Waals surface area contributed by atoms with Crippen LogP contribution in [0.15, 0.2) is 0 Å². The lowest BCUT2D eigenvalue weighted by atomic mass is 10.2. The highest BCUT2D eigenvalue weighted by Crippen LogP contribution is 1.80. The van der Waals surface area contributed by atoms with Crippen LogP contribution >= 0.6 is 12.2 Å². The third-order valence-electron chi connectivity index (χ3n) is 0.612. The second-order valence-electron chi connectivity index (χ2n) is 1.47. The smallest absolute Gasteiger partial charge is 0.219 e. The van der Waals surface area contributed by atoms with E-state index in [9.17, 15) is 4.79 Å². The predicted molar refractivity (Wildman–Crippen MR) is 35.4 cm³/mol. The molecule has 0 rings (SSSR count). The zero-order valence-electron chi connectivity index (χ0n) is 4.33. The number of hydrogen-bond donors (Lipinski definition) is 2. The second kappa shape index (κ2) is 3.51. The zero-order chi connectivity index (χ0) is 6.57. The lowest BCUT2D eigenvalue weighted by Crippen LogP contribution is -2.27. The van der Waals surface area contributed by atoms with Gasteiger partial charge in [-0.25, -0.2) is 0 Å². The summed E-state index contributed by atoms with van der Waals surface area (Å²) >= 11 is 4.44. The Kier molecular flexibility index (Phi) is 3.30. The van der Waals surface area contributed by atoms with Gasteiger partial charge in [-0.2, -0.15) is 0 Å². The summed E-state index contributed by atoms with van der Waals surface area (Å²) in [5.41, 5.74) is 10.00. The summed E-state index contributed by atoms with van der Waals surface area (Å²) in [6.07, 6.45) is 0.142. The van der Waals surface area contributed by atoms with Gasteiger partial charge in [0.2, 0.25) is 5.91 Å². The molecule has 8 heavy (non-hydrogen) atoms. The fourth-order valence-electron chi connectivity index (χ4n) is 0.280. The SMILES string of the molecule is NC(=O)CC(N)C=S. The first-order valence-electron chi connectivity index (χ1n) is 2.16. The molecule has 1 atom stereocenters. The molecular formula is C4H8N2OS. The molecule has 0 bridgehead atoms. The van der Waals surface area contributed by atoms with Gasteiger partial charge in [0, 0.05) is 12.5 Å². The number of thiocarbonyl (C=S) groups is 1. The predicted octanol–water partition coefficient (Wildman–Crippen LogP) is -0.811. The average molecular weight is 132 g/mol. The highest BCUT2D eigenvalue weighted by Gasteiger charge is 1.99. The molecule has 0 saturated heterocycles. The van der Waals surface area contributed by atoms with E-state index in [0.717, 1.165) is 0 Å². The van der Waals surface area contributed by atoms with Crippen molar-refractivity contribution in [3.05, 3.63) is 0 Å². The van der Waals surface area contributed by atoms with E-state index in [4.69, 9.17) is 11.5 Å². The van der Waals surface area contributed by atoms with E-state index in [1.165, 1.54) is 5.37 Å². The fraction of sp³-hybridized carbons (Fsp3) is 0.500. The van der Waals surface area contributed by atoms with Gasteiger partial charge in [0.25, 0.3) is 0 Å². The van der Waals surface area contributed by atoms with Gasteiger partial charge in [0.1, 0.15) is 0 Å². The van der Waals surface area contributed by atoms with Crippen molar-refractivity contribution in [1.29, 1.82) is 0 Å². The lowest BCUT2D eigenvalue weighted by molar-refractivity contribution is -0.118. The van der Waals surface area contributed by atoms with Gasteiger partial charge in [-0.1, -0.05) is 12.2 Å². The molecule has 0 aromatic carbocycles. The Morgan fingerprint density at radius 2 is 2.38 bits per heavy atom. The van der Waals surface area contributed by atoms with Gasteiger partial charge in [0.15, 0.2) is 0 Å². The summed E-state index contributed by atoms with van der Waals surface area (Å²) in [5, 5.41) is 1.32. The topological polar surface area (TPSA) is 69.1 Å². The normalized spacial score (nSPS) is 12.6. The van der Waals surface area contributed by atoms with E-state index in [-0.39, 0.29) is 12.5 Å². The van der Waals surface area contributed by atoms with Crippen LogP contribution in [0.25, 0.3) is 0 Å². The molecule has 0 spiro atoms. The van der Waals surface area contributed by atoms with Crippen molar-refractivity contribution in [3.63, 3.8) is 0 Å². The van der Waals surface area contributed by atoms with Crippen molar-refractivity contribution >= 4 is 23.5 Å². The minimum absolute atomic E-state index is 0.142. The molecular weight excluding hydrogens is 124 g/mol. The highest BCUT2D eigenvalue weighted by molar-refractivity contribution is 7.79. The lowest BCUT2D eigenvalue weighted by Gasteiger charge is -1.97. The Morgan fingerprint density at radius 3 is 2.50 bits per heavy atom. The standard InChI is InChI=1S/C4H8N2OS/c5-3(2-8)1-4(6)7/h2-3H,1,5H2,(H2,6,7). The third-order valence-corrected chi connectivity index (χ3v) is 0.961. The zero-order valence-corrected chi connectivity index (χ0v) is 5.15. The first-order chi connectivity index (χ1) is 3.66. The molecule has 0 fully saturated rings. The summed E-state index contributed by atoms with van der Waals surface area (Å²) in [7, 11) is 0. The molecule has 0 heterocycles. The van der Waals surface area contributed by atoms with Crippen molar-refractivity contribution in [2.24, 2.45) is 11.5 Å². The molecule has 1 unspecified atom stereocenters. The number of rotatable bonds is 3. The van der Waals surface area contributed by atoms with Crippen LogP contribution in [0, 0.1) is 0 Å². The summed E-state index contributed by atoms with van der Waals surface area (Å²) in [6.45, 7) is 0. The fourth-order valence-corrected chi connectivity index (χ4v) is 0.377. The molecule has 4 heteroatoms. The van der Waals surface area contributed by atoms with E-state index in [0.29, 0.717) is 0 Å². The second-order valence-corrected chi connectivity index (χ2v) is 1.74. The van der Waals surface area contributed by atoms with E-state index < -0.39 is 5.91 Å². The molecule has 1 amide bonds. The number of carbonyl (C=O) groups is 1. The van der Waals surface area contributed by atoms with Crippen LogP contribution in [0.2, 0.25) is 0 Å². The summed E-state index contributed by atoms with van der Waals surface area (Å²) in [5.74, 6) is -0.418. The number of primary amides is 1. The van der Waals surface area contributed by atoms with Crippen molar-refractivity contribution in [3.8, 4) is 0 Å². The van der Waals surface area contributed by atoms with Crippen LogP contribution in [0.1, 0.15) is 6.42 Å². The molecule has 3 nitrogen and oxygen atoms in total. The Morgan fingerprint density at radius 1 is 1.88 bits per heavy atom. The van der Waals surface area contributed by atoms with Crippen molar-refractivity contribution in [1.82, 2.24) is 0 Å². The first kappa shape index (κ1) is 7.52. The molecule has 46 valence electrons. The van der Waals surface area contributed by atoms with Gasteiger partial charge in [0.05, 0.1) is 0 Å². The van der Waals surface area contributed by atoms with E-state index >= 15 is 0 Å². The largest absolute Gasteiger partial charge is 0.370 e. The quantitative estimate of drug-likeness (QED) is 0.493. The maximum Gasteiger partial charge on any atom is 0.219 e. The van der Waals surface area contributed by atoms with Gasteiger partial charge in [-0.05, 0) is 5.37 Å². The molecule has 0 aliphatic heterocycles. The number of nitrogens with two attached hydrogens (primary N) is 2. The van der Waals surface area contributed by atoms with Crippen molar-refractivity contribution in [2.75, 3.05) is 0 Å². The van der Waals surface area contributed by atoms with E-state index in [1.54, 1.807) is 0 Å². The molecule has 0 aromatic rings. The van der Waals surface area contributed by atoms with E-state index in [2.05, 4.69) is 12.2 Å². The van der Waals surface area contributed by atoms with Gasteiger partial charge in [-0.15, -0.1) is 0 Å². The van der Waals surface area contributed by atoms with Crippen LogP contribution in [0.4, 0.5) is 0 Å².